The Morgan fingerprint density at radius 2 is 1.87 bits per heavy atom. The van der Waals surface area contributed by atoms with Gasteiger partial charge in [-0.1, -0.05) is 23.8 Å². The minimum atomic E-state index is -0.507. The fraction of sp³-hybridized carbons (Fsp3) is 0.222. The molecular formula is C18H19NO4. The maximum Gasteiger partial charge on any atom is 0.338 e. The molecule has 0 spiro atoms. The molecule has 1 amide bonds. The van der Waals surface area contributed by atoms with Crippen molar-refractivity contribution in [3.8, 4) is 5.75 Å². The van der Waals surface area contributed by atoms with E-state index in [1.807, 2.05) is 26.0 Å². The molecule has 0 saturated heterocycles. The number of aryl methyl sites for hydroxylation is 2. The highest BCUT2D eigenvalue weighted by atomic mass is 16.5. The van der Waals surface area contributed by atoms with Gasteiger partial charge in [-0.05, 0) is 37.6 Å². The normalized spacial score (nSPS) is 10.0. The van der Waals surface area contributed by atoms with Crippen LogP contribution in [0.4, 0.5) is 5.69 Å². The van der Waals surface area contributed by atoms with Crippen molar-refractivity contribution in [2.45, 2.75) is 13.8 Å². The summed E-state index contributed by atoms with van der Waals surface area (Å²) in [6.45, 7) is 3.38. The van der Waals surface area contributed by atoms with Gasteiger partial charge in [0.15, 0.2) is 6.61 Å². The Morgan fingerprint density at radius 1 is 1.09 bits per heavy atom. The van der Waals surface area contributed by atoms with Gasteiger partial charge in [-0.3, -0.25) is 4.79 Å². The molecule has 0 aliphatic carbocycles. The fourth-order valence-corrected chi connectivity index (χ4v) is 2.06. The number of benzene rings is 2. The number of amides is 1. The zero-order valence-electron chi connectivity index (χ0n) is 13.4. The highest BCUT2D eigenvalue weighted by molar-refractivity contribution is 5.96. The third kappa shape index (κ3) is 4.57. The number of anilines is 1. The number of ether oxygens (including phenoxy) is 2. The van der Waals surface area contributed by atoms with E-state index in [-0.39, 0.29) is 6.61 Å². The van der Waals surface area contributed by atoms with Gasteiger partial charge in [0.05, 0.1) is 12.7 Å². The average Bonchev–Trinajstić information content (AvgIpc) is 2.55. The second-order valence-electron chi connectivity index (χ2n) is 5.17. The molecular weight excluding hydrogens is 294 g/mol. The van der Waals surface area contributed by atoms with Crippen LogP contribution >= 0.6 is 0 Å². The summed E-state index contributed by atoms with van der Waals surface area (Å²) in [5.74, 6) is -0.279. The third-order valence-electron chi connectivity index (χ3n) is 3.30. The zero-order chi connectivity index (χ0) is 16.8. The Labute approximate surface area is 135 Å². The smallest absolute Gasteiger partial charge is 0.338 e. The van der Waals surface area contributed by atoms with E-state index in [0.717, 1.165) is 11.1 Å². The quantitative estimate of drug-likeness (QED) is 0.861. The predicted octanol–water partition coefficient (Wildman–Crippen LogP) is 3.11. The molecule has 2 rings (SSSR count). The van der Waals surface area contributed by atoms with Crippen molar-refractivity contribution >= 4 is 17.6 Å². The van der Waals surface area contributed by atoms with Gasteiger partial charge in [0.2, 0.25) is 0 Å². The first-order valence-electron chi connectivity index (χ1n) is 7.18. The molecule has 0 bridgehead atoms. The third-order valence-corrected chi connectivity index (χ3v) is 3.30. The van der Waals surface area contributed by atoms with Gasteiger partial charge in [0.1, 0.15) is 5.75 Å². The average molecular weight is 313 g/mol. The molecule has 0 heterocycles. The molecule has 0 saturated carbocycles. The molecule has 0 aliphatic heterocycles. The lowest BCUT2D eigenvalue weighted by Gasteiger charge is -2.09. The van der Waals surface area contributed by atoms with Gasteiger partial charge >= 0.3 is 5.97 Å². The standard InChI is InChI=1S/C18H19NO4/c1-12-7-8-13(2)16(9-12)18(21)23-11-17(20)19-14-5-4-6-15(10-14)22-3/h4-10H,11H2,1-3H3,(H,19,20). The number of methoxy groups -OCH3 is 1. The van der Waals surface area contributed by atoms with Crippen molar-refractivity contribution in [3.63, 3.8) is 0 Å². The summed E-state index contributed by atoms with van der Waals surface area (Å²) in [4.78, 5) is 23.9. The van der Waals surface area contributed by atoms with Gasteiger partial charge in [-0.2, -0.15) is 0 Å². The van der Waals surface area contributed by atoms with Crippen LogP contribution in [0.15, 0.2) is 42.5 Å². The van der Waals surface area contributed by atoms with Crippen LogP contribution in [-0.2, 0) is 9.53 Å². The molecule has 120 valence electrons. The van der Waals surface area contributed by atoms with Crippen LogP contribution in [0.25, 0.3) is 0 Å². The summed E-state index contributed by atoms with van der Waals surface area (Å²) in [5, 5.41) is 2.65. The van der Waals surface area contributed by atoms with E-state index in [0.29, 0.717) is 17.0 Å². The van der Waals surface area contributed by atoms with Crippen LogP contribution < -0.4 is 10.1 Å². The van der Waals surface area contributed by atoms with Gasteiger partial charge in [0, 0.05) is 11.8 Å². The molecule has 23 heavy (non-hydrogen) atoms. The zero-order valence-corrected chi connectivity index (χ0v) is 13.4. The Balaban J connectivity index is 1.93. The number of rotatable bonds is 5. The first-order valence-corrected chi connectivity index (χ1v) is 7.18. The Bertz CT molecular complexity index is 725. The van der Waals surface area contributed by atoms with Crippen LogP contribution in [0.5, 0.6) is 5.75 Å². The molecule has 1 N–H and O–H groups in total. The second-order valence-corrected chi connectivity index (χ2v) is 5.17. The van der Waals surface area contributed by atoms with E-state index in [1.54, 1.807) is 37.4 Å². The fourth-order valence-electron chi connectivity index (χ4n) is 2.06. The molecule has 0 fully saturated rings. The molecule has 2 aromatic rings. The number of nitrogens with one attached hydrogen (secondary N) is 1. The van der Waals surface area contributed by atoms with Crippen LogP contribution in [-0.4, -0.2) is 25.6 Å². The lowest BCUT2D eigenvalue weighted by atomic mass is 10.1. The molecule has 5 nitrogen and oxygen atoms in total. The number of carbonyl (C=O) groups excluding carboxylic acids is 2. The van der Waals surface area contributed by atoms with Crippen LogP contribution in [0.1, 0.15) is 21.5 Å². The SMILES string of the molecule is COc1cccc(NC(=O)COC(=O)c2cc(C)ccc2C)c1. The van der Waals surface area contributed by atoms with Crippen molar-refractivity contribution in [2.75, 3.05) is 19.0 Å². The van der Waals surface area contributed by atoms with E-state index in [1.165, 1.54) is 0 Å². The van der Waals surface area contributed by atoms with E-state index in [4.69, 9.17) is 9.47 Å². The van der Waals surface area contributed by atoms with Crippen molar-refractivity contribution in [1.29, 1.82) is 0 Å². The van der Waals surface area contributed by atoms with E-state index >= 15 is 0 Å². The van der Waals surface area contributed by atoms with E-state index < -0.39 is 11.9 Å². The highest BCUT2D eigenvalue weighted by Gasteiger charge is 2.13. The second kappa shape index (κ2) is 7.45. The van der Waals surface area contributed by atoms with Crippen molar-refractivity contribution in [2.24, 2.45) is 0 Å². The minimum absolute atomic E-state index is 0.344. The molecule has 5 heteroatoms. The van der Waals surface area contributed by atoms with Crippen molar-refractivity contribution in [1.82, 2.24) is 0 Å². The maximum atomic E-state index is 12.1. The largest absolute Gasteiger partial charge is 0.497 e. The van der Waals surface area contributed by atoms with Crippen LogP contribution in [0, 0.1) is 13.8 Å². The monoisotopic (exact) mass is 313 g/mol. The molecule has 2 aromatic carbocycles. The lowest BCUT2D eigenvalue weighted by molar-refractivity contribution is -0.119. The number of hydrogen-bond donors (Lipinski definition) is 1. The van der Waals surface area contributed by atoms with Gasteiger partial charge < -0.3 is 14.8 Å². The Kier molecular flexibility index (Phi) is 5.36. The molecule has 0 atom stereocenters. The Hall–Kier alpha value is -2.82. The lowest BCUT2D eigenvalue weighted by Crippen LogP contribution is -2.21. The van der Waals surface area contributed by atoms with E-state index in [2.05, 4.69) is 5.32 Å². The molecule has 0 aliphatic rings. The topological polar surface area (TPSA) is 64.6 Å². The first-order chi connectivity index (χ1) is 11.0. The summed E-state index contributed by atoms with van der Waals surface area (Å²) in [7, 11) is 1.55. The van der Waals surface area contributed by atoms with Crippen molar-refractivity contribution in [3.05, 3.63) is 59.2 Å². The summed E-state index contributed by atoms with van der Waals surface area (Å²) in [5.41, 5.74) is 2.83. The first kappa shape index (κ1) is 16.5. The summed E-state index contributed by atoms with van der Waals surface area (Å²) < 4.78 is 10.2. The van der Waals surface area contributed by atoms with Crippen LogP contribution in [0.3, 0.4) is 0 Å². The minimum Gasteiger partial charge on any atom is -0.497 e. The summed E-state index contributed by atoms with van der Waals surface area (Å²) in [6, 6.07) is 12.5. The number of carbonyl (C=O) groups is 2. The van der Waals surface area contributed by atoms with Gasteiger partial charge in [-0.25, -0.2) is 4.79 Å². The molecule has 0 radical (unpaired) electrons. The Morgan fingerprint density at radius 3 is 2.61 bits per heavy atom. The van der Waals surface area contributed by atoms with Crippen LogP contribution in [0.2, 0.25) is 0 Å². The highest BCUT2D eigenvalue weighted by Crippen LogP contribution is 2.16. The molecule has 0 unspecified atom stereocenters. The summed E-state index contributed by atoms with van der Waals surface area (Å²) in [6.07, 6.45) is 0. The maximum absolute atomic E-state index is 12.1. The van der Waals surface area contributed by atoms with Crippen molar-refractivity contribution < 1.29 is 19.1 Å². The summed E-state index contributed by atoms with van der Waals surface area (Å²) >= 11 is 0. The van der Waals surface area contributed by atoms with E-state index in [9.17, 15) is 9.59 Å². The van der Waals surface area contributed by atoms with Gasteiger partial charge in [0.25, 0.3) is 5.91 Å². The molecule has 0 aromatic heterocycles. The number of esters is 1. The predicted molar refractivity (Wildman–Crippen MR) is 87.8 cm³/mol. The van der Waals surface area contributed by atoms with Gasteiger partial charge in [-0.15, -0.1) is 0 Å². The number of hydrogen-bond acceptors (Lipinski definition) is 4.